The van der Waals surface area contributed by atoms with Gasteiger partial charge in [0.25, 0.3) is 5.91 Å². The third-order valence-corrected chi connectivity index (χ3v) is 7.48. The Morgan fingerprint density at radius 3 is 2.55 bits per heavy atom. The van der Waals surface area contributed by atoms with Gasteiger partial charge in [-0.25, -0.2) is 0 Å². The number of nitrogens with zero attached hydrogens (tertiary/aromatic N) is 2. The maximum atomic E-state index is 13.8. The highest BCUT2D eigenvalue weighted by Gasteiger charge is 2.48. The summed E-state index contributed by atoms with van der Waals surface area (Å²) in [7, 11) is 0. The largest absolute Gasteiger partial charge is 0.463 e. The molecule has 3 heterocycles. The summed E-state index contributed by atoms with van der Waals surface area (Å²) in [6.07, 6.45) is 9.58. The molecule has 0 radical (unpaired) electrons. The fourth-order valence-corrected chi connectivity index (χ4v) is 5.36. The fraction of sp³-hybridized carbons (Fsp3) is 0.462. The quantitative estimate of drug-likeness (QED) is 0.548. The zero-order valence-electron chi connectivity index (χ0n) is 19.0. The second-order valence-electron chi connectivity index (χ2n) is 9.59. The molecule has 5 rings (SSSR count). The van der Waals surface area contributed by atoms with Crippen LogP contribution in [0.25, 0.3) is 11.1 Å². The van der Waals surface area contributed by atoms with Crippen LogP contribution in [-0.4, -0.2) is 32.9 Å². The van der Waals surface area contributed by atoms with Crippen molar-refractivity contribution in [1.82, 2.24) is 14.8 Å². The van der Waals surface area contributed by atoms with Gasteiger partial charge < -0.3 is 19.2 Å². The normalized spacial score (nSPS) is 22.1. The molecule has 3 aromatic rings. The van der Waals surface area contributed by atoms with Gasteiger partial charge in [0.05, 0.1) is 18.3 Å². The minimum atomic E-state index is -1.03. The highest BCUT2D eigenvalue weighted by molar-refractivity contribution is 6.30. The third-order valence-electron chi connectivity index (χ3n) is 7.23. The molecule has 7 heteroatoms. The van der Waals surface area contributed by atoms with Gasteiger partial charge in [-0.2, -0.15) is 0 Å². The molecule has 1 fully saturated rings. The number of carbonyl (C=O) groups excluding carboxylic acids is 2. The van der Waals surface area contributed by atoms with E-state index in [1.54, 1.807) is 17.2 Å². The molecule has 1 aliphatic heterocycles. The van der Waals surface area contributed by atoms with E-state index in [9.17, 15) is 9.59 Å². The zero-order valence-corrected chi connectivity index (χ0v) is 19.7. The van der Waals surface area contributed by atoms with Crippen LogP contribution < -0.4 is 5.32 Å². The number of carbonyl (C=O) groups is 2. The minimum absolute atomic E-state index is 0.0913. The van der Waals surface area contributed by atoms with E-state index in [1.807, 2.05) is 41.8 Å². The Balaban J connectivity index is 1.49. The number of furan rings is 1. The first-order valence-electron chi connectivity index (χ1n) is 11.9. The first-order valence-corrected chi connectivity index (χ1v) is 12.3. The summed E-state index contributed by atoms with van der Waals surface area (Å²) in [6, 6.07) is 11.2. The van der Waals surface area contributed by atoms with E-state index in [4.69, 9.17) is 16.0 Å². The number of nitrogens with one attached hydrogen (secondary N) is 1. The van der Waals surface area contributed by atoms with Gasteiger partial charge in [0.1, 0.15) is 11.2 Å². The van der Waals surface area contributed by atoms with E-state index in [1.165, 1.54) is 19.3 Å². The van der Waals surface area contributed by atoms with Gasteiger partial charge >= 0.3 is 0 Å². The molecule has 0 bridgehead atoms. The molecule has 2 amide bonds. The molecule has 1 N–H and O–H groups in total. The summed E-state index contributed by atoms with van der Waals surface area (Å²) in [6.45, 7) is 2.59. The van der Waals surface area contributed by atoms with Gasteiger partial charge in [0, 0.05) is 29.7 Å². The zero-order chi connectivity index (χ0) is 23.0. The molecule has 33 heavy (non-hydrogen) atoms. The van der Waals surface area contributed by atoms with Crippen LogP contribution in [-0.2, 0) is 17.9 Å². The van der Waals surface area contributed by atoms with E-state index in [-0.39, 0.29) is 17.9 Å². The topological polar surface area (TPSA) is 67.5 Å². The van der Waals surface area contributed by atoms with Crippen molar-refractivity contribution in [3.8, 4) is 0 Å². The third kappa shape index (κ3) is 4.17. The molecule has 6 nitrogen and oxygen atoms in total. The van der Waals surface area contributed by atoms with Crippen LogP contribution >= 0.6 is 11.6 Å². The highest BCUT2D eigenvalue weighted by Crippen LogP contribution is 2.34. The molecule has 2 aliphatic rings. The van der Waals surface area contributed by atoms with Crippen LogP contribution in [0.4, 0.5) is 0 Å². The van der Waals surface area contributed by atoms with Crippen LogP contribution in [0.5, 0.6) is 0 Å². The van der Waals surface area contributed by atoms with Crippen molar-refractivity contribution >= 4 is 34.5 Å². The SMILES string of the molecule is CC1(C(=O)NC2CCCCCCC2)Cn2c(cc3occc32)C(=O)N1Cc1ccc(Cl)cc1. The standard InChI is InChI=1S/C26H30ClN3O3/c1-26(25(32)28-20-7-5-3-2-4-6-8-20)17-29-21-13-14-33-23(21)15-22(29)24(31)30(26)16-18-9-11-19(27)12-10-18/h9-15,20H,2-8,16-17H2,1H3,(H,28,32). The average Bonchev–Trinajstić information content (AvgIpc) is 3.36. The number of hydrogen-bond acceptors (Lipinski definition) is 3. The van der Waals surface area contributed by atoms with E-state index in [0.717, 1.165) is 36.8 Å². The molecule has 1 aliphatic carbocycles. The van der Waals surface area contributed by atoms with Crippen LogP contribution in [0.15, 0.2) is 47.1 Å². The van der Waals surface area contributed by atoms with Gasteiger partial charge in [-0.05, 0) is 37.5 Å². The lowest BCUT2D eigenvalue weighted by Gasteiger charge is -2.44. The average molecular weight is 468 g/mol. The van der Waals surface area contributed by atoms with E-state index < -0.39 is 5.54 Å². The van der Waals surface area contributed by atoms with Crippen molar-refractivity contribution in [2.75, 3.05) is 0 Å². The van der Waals surface area contributed by atoms with Gasteiger partial charge in [0.2, 0.25) is 5.91 Å². The second-order valence-corrected chi connectivity index (χ2v) is 10.0. The number of rotatable bonds is 4. The second kappa shape index (κ2) is 8.90. The number of halogens is 1. The molecular formula is C26H30ClN3O3. The van der Waals surface area contributed by atoms with Crippen LogP contribution in [0, 0.1) is 0 Å². The Morgan fingerprint density at radius 2 is 1.82 bits per heavy atom. The van der Waals surface area contributed by atoms with Crippen molar-refractivity contribution in [1.29, 1.82) is 0 Å². The van der Waals surface area contributed by atoms with Gasteiger partial charge in [-0.3, -0.25) is 9.59 Å². The lowest BCUT2D eigenvalue weighted by Crippen LogP contribution is -2.64. The Bertz CT molecular complexity index is 1160. The Kier molecular flexibility index (Phi) is 5.95. The molecule has 174 valence electrons. The smallest absolute Gasteiger partial charge is 0.271 e. The summed E-state index contributed by atoms with van der Waals surface area (Å²) in [5.41, 5.74) is 1.95. The molecule has 1 atom stereocenters. The van der Waals surface area contributed by atoms with Gasteiger partial charge in [-0.1, -0.05) is 55.8 Å². The molecule has 1 saturated carbocycles. The lowest BCUT2D eigenvalue weighted by atomic mass is 9.91. The van der Waals surface area contributed by atoms with E-state index >= 15 is 0 Å². The molecule has 1 aromatic carbocycles. The monoisotopic (exact) mass is 467 g/mol. The molecule has 0 spiro atoms. The first-order chi connectivity index (χ1) is 16.0. The molecular weight excluding hydrogens is 438 g/mol. The Labute approximate surface area is 198 Å². The van der Waals surface area contributed by atoms with Crippen molar-refractivity contribution in [2.24, 2.45) is 0 Å². The predicted octanol–water partition coefficient (Wildman–Crippen LogP) is 5.53. The fourth-order valence-electron chi connectivity index (χ4n) is 5.23. The Morgan fingerprint density at radius 1 is 1.12 bits per heavy atom. The Hall–Kier alpha value is -2.73. The van der Waals surface area contributed by atoms with Crippen LogP contribution in [0.3, 0.4) is 0 Å². The molecule has 0 saturated heterocycles. The van der Waals surface area contributed by atoms with Crippen molar-refractivity contribution in [2.45, 2.75) is 76.5 Å². The number of benzene rings is 1. The molecule has 1 unspecified atom stereocenters. The maximum Gasteiger partial charge on any atom is 0.271 e. The van der Waals surface area contributed by atoms with Crippen molar-refractivity contribution in [3.63, 3.8) is 0 Å². The van der Waals surface area contributed by atoms with E-state index in [0.29, 0.717) is 29.4 Å². The maximum absolute atomic E-state index is 13.8. The highest BCUT2D eigenvalue weighted by atomic mass is 35.5. The minimum Gasteiger partial charge on any atom is -0.463 e. The number of hydrogen-bond donors (Lipinski definition) is 1. The molecule has 2 aromatic heterocycles. The van der Waals surface area contributed by atoms with Crippen LogP contribution in [0.2, 0.25) is 5.02 Å². The number of fused-ring (bicyclic) bond motifs is 3. The van der Waals surface area contributed by atoms with Crippen molar-refractivity contribution in [3.05, 3.63) is 58.9 Å². The summed E-state index contributed by atoms with van der Waals surface area (Å²) >= 11 is 6.06. The van der Waals surface area contributed by atoms with Crippen LogP contribution in [0.1, 0.15) is 67.9 Å². The lowest BCUT2D eigenvalue weighted by molar-refractivity contribution is -0.134. The van der Waals surface area contributed by atoms with Gasteiger partial charge in [-0.15, -0.1) is 0 Å². The summed E-state index contributed by atoms with van der Waals surface area (Å²) < 4.78 is 7.48. The summed E-state index contributed by atoms with van der Waals surface area (Å²) in [5.74, 6) is -0.260. The van der Waals surface area contributed by atoms with E-state index in [2.05, 4.69) is 5.32 Å². The number of aromatic nitrogens is 1. The summed E-state index contributed by atoms with van der Waals surface area (Å²) in [5, 5.41) is 3.96. The van der Waals surface area contributed by atoms with Gasteiger partial charge in [0.15, 0.2) is 5.58 Å². The first kappa shape index (κ1) is 22.1. The summed E-state index contributed by atoms with van der Waals surface area (Å²) in [4.78, 5) is 29.3. The number of amides is 2. The van der Waals surface area contributed by atoms with Crippen molar-refractivity contribution < 1.29 is 14.0 Å². The predicted molar refractivity (Wildman–Crippen MR) is 128 cm³/mol.